The second kappa shape index (κ2) is 7.04. The van der Waals surface area contributed by atoms with Crippen molar-refractivity contribution < 1.29 is 9.47 Å². The highest BCUT2D eigenvalue weighted by molar-refractivity contribution is 5.92. The molecule has 0 bridgehead atoms. The first-order valence-electron chi connectivity index (χ1n) is 7.72. The zero-order chi connectivity index (χ0) is 16.1. The fourth-order valence-corrected chi connectivity index (χ4v) is 2.27. The largest absolute Gasteiger partial charge is 0.490 e. The van der Waals surface area contributed by atoms with Crippen LogP contribution in [0.1, 0.15) is 18.9 Å². The van der Waals surface area contributed by atoms with Crippen molar-refractivity contribution in [1.82, 2.24) is 9.78 Å². The molecule has 7 nitrogen and oxygen atoms in total. The molecule has 3 rings (SSSR count). The molecule has 0 unspecified atom stereocenters. The number of aliphatic imine (C=N–C) groups is 1. The Morgan fingerprint density at radius 1 is 1.35 bits per heavy atom. The normalized spacial score (nSPS) is 14.4. The number of rotatable bonds is 4. The number of nitrogens with one attached hydrogen (secondary N) is 1. The number of hydrogen-bond donors (Lipinski definition) is 2. The first-order valence-corrected chi connectivity index (χ1v) is 7.72. The molecule has 7 heteroatoms. The summed E-state index contributed by atoms with van der Waals surface area (Å²) in [5.74, 6) is 1.84. The van der Waals surface area contributed by atoms with E-state index in [1.165, 1.54) is 0 Å². The van der Waals surface area contributed by atoms with E-state index in [1.807, 2.05) is 36.0 Å². The Hall–Kier alpha value is -2.70. The maximum absolute atomic E-state index is 5.94. The lowest BCUT2D eigenvalue weighted by atomic mass is 10.3. The molecular weight excluding hydrogens is 294 g/mol. The molecule has 1 aromatic heterocycles. The molecule has 0 fully saturated rings. The van der Waals surface area contributed by atoms with E-state index < -0.39 is 0 Å². The number of guanidine groups is 1. The topological polar surface area (TPSA) is 86.7 Å². The van der Waals surface area contributed by atoms with E-state index in [0.29, 0.717) is 25.7 Å². The summed E-state index contributed by atoms with van der Waals surface area (Å²) in [5, 5.41) is 7.28. The van der Waals surface area contributed by atoms with E-state index in [0.717, 1.165) is 35.7 Å². The third-order valence-electron chi connectivity index (χ3n) is 3.46. The second-order valence-electron chi connectivity index (χ2n) is 5.24. The Labute approximate surface area is 135 Å². The Kier molecular flexibility index (Phi) is 4.65. The van der Waals surface area contributed by atoms with Gasteiger partial charge in [-0.15, -0.1) is 0 Å². The van der Waals surface area contributed by atoms with Crippen molar-refractivity contribution in [2.75, 3.05) is 18.5 Å². The summed E-state index contributed by atoms with van der Waals surface area (Å²) in [5.41, 5.74) is 7.78. The van der Waals surface area contributed by atoms with Gasteiger partial charge in [-0.2, -0.15) is 5.10 Å². The fraction of sp³-hybridized carbons (Fsp3) is 0.375. The molecule has 23 heavy (non-hydrogen) atoms. The van der Waals surface area contributed by atoms with Gasteiger partial charge in [0.15, 0.2) is 17.5 Å². The molecule has 0 aliphatic carbocycles. The molecule has 0 saturated heterocycles. The van der Waals surface area contributed by atoms with Crippen LogP contribution in [-0.4, -0.2) is 29.0 Å². The van der Waals surface area contributed by atoms with Gasteiger partial charge >= 0.3 is 0 Å². The number of ether oxygens (including phenoxy) is 2. The lowest BCUT2D eigenvalue weighted by molar-refractivity contribution is 0.297. The van der Waals surface area contributed by atoms with Gasteiger partial charge < -0.3 is 20.5 Å². The van der Waals surface area contributed by atoms with Crippen molar-refractivity contribution in [3.05, 3.63) is 36.2 Å². The Morgan fingerprint density at radius 2 is 2.17 bits per heavy atom. The van der Waals surface area contributed by atoms with E-state index in [2.05, 4.69) is 15.4 Å². The smallest absolute Gasteiger partial charge is 0.193 e. The molecule has 3 N–H and O–H groups in total. The van der Waals surface area contributed by atoms with E-state index >= 15 is 0 Å². The van der Waals surface area contributed by atoms with Crippen molar-refractivity contribution in [2.45, 2.75) is 26.4 Å². The van der Waals surface area contributed by atoms with Gasteiger partial charge in [0, 0.05) is 36.5 Å². The van der Waals surface area contributed by atoms with Gasteiger partial charge in [-0.25, -0.2) is 4.99 Å². The SMILES string of the molecule is CCn1cc(CN=C(N)Nc2ccc3c(c2)OCCCO3)cn1. The van der Waals surface area contributed by atoms with Crippen LogP contribution in [-0.2, 0) is 13.1 Å². The summed E-state index contributed by atoms with van der Waals surface area (Å²) in [4.78, 5) is 4.33. The number of aryl methyl sites for hydroxylation is 1. The minimum atomic E-state index is 0.351. The molecule has 1 aromatic carbocycles. The molecule has 0 radical (unpaired) electrons. The van der Waals surface area contributed by atoms with E-state index in [9.17, 15) is 0 Å². The Morgan fingerprint density at radius 3 is 2.96 bits per heavy atom. The summed E-state index contributed by atoms with van der Waals surface area (Å²) in [6, 6.07) is 5.64. The highest BCUT2D eigenvalue weighted by Crippen LogP contribution is 2.32. The van der Waals surface area contributed by atoms with Crippen LogP contribution in [0.4, 0.5) is 5.69 Å². The molecule has 1 aliphatic rings. The molecular formula is C16H21N5O2. The lowest BCUT2D eigenvalue weighted by Gasteiger charge is -2.10. The zero-order valence-corrected chi connectivity index (χ0v) is 13.2. The molecule has 122 valence electrons. The Bertz CT molecular complexity index is 696. The van der Waals surface area contributed by atoms with Crippen LogP contribution in [0.15, 0.2) is 35.6 Å². The van der Waals surface area contributed by atoms with Gasteiger partial charge in [0.25, 0.3) is 0 Å². The number of fused-ring (bicyclic) bond motifs is 1. The highest BCUT2D eigenvalue weighted by atomic mass is 16.5. The average Bonchev–Trinajstić information content (AvgIpc) is 2.90. The van der Waals surface area contributed by atoms with Crippen LogP contribution in [0, 0.1) is 0 Å². The van der Waals surface area contributed by atoms with Gasteiger partial charge in [-0.05, 0) is 19.1 Å². The maximum atomic E-state index is 5.94. The van der Waals surface area contributed by atoms with Crippen molar-refractivity contribution in [3.63, 3.8) is 0 Å². The highest BCUT2D eigenvalue weighted by Gasteiger charge is 2.10. The number of nitrogens with zero attached hydrogens (tertiary/aromatic N) is 3. The summed E-state index contributed by atoms with van der Waals surface area (Å²) < 4.78 is 13.1. The third kappa shape index (κ3) is 3.94. The van der Waals surface area contributed by atoms with Crippen molar-refractivity contribution >= 4 is 11.6 Å². The number of nitrogens with two attached hydrogens (primary N) is 1. The summed E-state index contributed by atoms with van der Waals surface area (Å²) in [7, 11) is 0. The molecule has 0 saturated carbocycles. The Balaban J connectivity index is 1.63. The molecule has 1 aliphatic heterocycles. The molecule has 2 heterocycles. The van der Waals surface area contributed by atoms with E-state index in [1.54, 1.807) is 6.20 Å². The molecule has 0 amide bonds. The van der Waals surface area contributed by atoms with Crippen molar-refractivity contribution in [3.8, 4) is 11.5 Å². The minimum absolute atomic E-state index is 0.351. The predicted molar refractivity (Wildman–Crippen MR) is 88.9 cm³/mol. The standard InChI is InChI=1S/C16H21N5O2/c1-2-21-11-12(10-19-21)9-18-16(17)20-13-4-5-14-15(8-13)23-7-3-6-22-14/h4-5,8,10-11H,2-3,6-7,9H2,1H3,(H3,17,18,20). The quantitative estimate of drug-likeness (QED) is 0.665. The zero-order valence-electron chi connectivity index (χ0n) is 13.2. The van der Waals surface area contributed by atoms with Crippen LogP contribution in [0.3, 0.4) is 0 Å². The monoisotopic (exact) mass is 315 g/mol. The predicted octanol–water partition coefficient (Wildman–Crippen LogP) is 1.99. The van der Waals surface area contributed by atoms with Gasteiger partial charge in [0.1, 0.15) is 0 Å². The van der Waals surface area contributed by atoms with Crippen LogP contribution in [0.25, 0.3) is 0 Å². The third-order valence-corrected chi connectivity index (χ3v) is 3.46. The molecule has 0 atom stereocenters. The minimum Gasteiger partial charge on any atom is -0.490 e. The number of hydrogen-bond acceptors (Lipinski definition) is 4. The average molecular weight is 315 g/mol. The molecule has 2 aromatic rings. The number of benzene rings is 1. The lowest BCUT2D eigenvalue weighted by Crippen LogP contribution is -2.22. The first kappa shape index (κ1) is 15.2. The van der Waals surface area contributed by atoms with Crippen LogP contribution in [0.2, 0.25) is 0 Å². The number of anilines is 1. The van der Waals surface area contributed by atoms with Crippen LogP contribution in [0.5, 0.6) is 11.5 Å². The maximum Gasteiger partial charge on any atom is 0.193 e. The van der Waals surface area contributed by atoms with Gasteiger partial charge in [0.05, 0.1) is 26.0 Å². The van der Waals surface area contributed by atoms with Crippen molar-refractivity contribution in [1.29, 1.82) is 0 Å². The van der Waals surface area contributed by atoms with E-state index in [4.69, 9.17) is 15.2 Å². The van der Waals surface area contributed by atoms with Crippen LogP contribution < -0.4 is 20.5 Å². The van der Waals surface area contributed by atoms with Crippen molar-refractivity contribution in [2.24, 2.45) is 10.7 Å². The van der Waals surface area contributed by atoms with Crippen LogP contribution >= 0.6 is 0 Å². The summed E-state index contributed by atoms with van der Waals surface area (Å²) in [6.07, 6.45) is 4.64. The summed E-state index contributed by atoms with van der Waals surface area (Å²) in [6.45, 7) is 4.70. The number of aromatic nitrogens is 2. The van der Waals surface area contributed by atoms with Gasteiger partial charge in [0.2, 0.25) is 0 Å². The van der Waals surface area contributed by atoms with Gasteiger partial charge in [-0.3, -0.25) is 4.68 Å². The second-order valence-corrected chi connectivity index (χ2v) is 5.24. The fourth-order valence-electron chi connectivity index (χ4n) is 2.27. The summed E-state index contributed by atoms with van der Waals surface area (Å²) >= 11 is 0. The van der Waals surface area contributed by atoms with Gasteiger partial charge in [-0.1, -0.05) is 0 Å². The van der Waals surface area contributed by atoms with E-state index in [-0.39, 0.29) is 0 Å². The first-order chi connectivity index (χ1) is 11.2. The molecule has 0 spiro atoms.